The van der Waals surface area contributed by atoms with Crippen molar-refractivity contribution in [1.82, 2.24) is 15.5 Å². The number of amides is 3. The Hall–Kier alpha value is -2.81. The molecule has 0 fully saturated rings. The fraction of sp³-hybridized carbons (Fsp3) is 0.640. The van der Waals surface area contributed by atoms with Gasteiger partial charge in [0.15, 0.2) is 0 Å². The summed E-state index contributed by atoms with van der Waals surface area (Å²) in [7, 11) is 0. The van der Waals surface area contributed by atoms with Gasteiger partial charge in [-0.2, -0.15) is 0 Å². The van der Waals surface area contributed by atoms with Crippen molar-refractivity contribution in [3.63, 3.8) is 0 Å². The molecule has 9 nitrogen and oxygen atoms in total. The van der Waals surface area contributed by atoms with Crippen LogP contribution in [0.2, 0.25) is 0 Å². The van der Waals surface area contributed by atoms with Gasteiger partial charge in [0.25, 0.3) is 0 Å². The molecular weight excluding hydrogens is 438 g/mol. The molecule has 4 N–H and O–H groups in total. The van der Waals surface area contributed by atoms with Crippen LogP contribution in [-0.4, -0.2) is 64.4 Å². The SMILES string of the molecule is CCCCNC(=O)C(c1ccc(O)c(C)c1)N(CCO)C(=O)C(NC(=O)OC(C)(C)C)C(C)C. The third-order valence-electron chi connectivity index (χ3n) is 5.16. The van der Waals surface area contributed by atoms with E-state index in [2.05, 4.69) is 10.6 Å². The second kappa shape index (κ2) is 13.2. The van der Waals surface area contributed by atoms with Crippen molar-refractivity contribution in [3.05, 3.63) is 29.3 Å². The predicted octanol–water partition coefficient (Wildman–Crippen LogP) is 3.03. The Balaban J connectivity index is 3.40. The summed E-state index contributed by atoms with van der Waals surface area (Å²) in [6.07, 6.45) is 0.918. The lowest BCUT2D eigenvalue weighted by Gasteiger charge is -2.35. The van der Waals surface area contributed by atoms with Gasteiger partial charge in [0.1, 0.15) is 23.4 Å². The molecule has 192 valence electrons. The molecule has 0 heterocycles. The Morgan fingerprint density at radius 1 is 1.18 bits per heavy atom. The van der Waals surface area contributed by atoms with Gasteiger partial charge >= 0.3 is 6.09 Å². The standard InChI is InChI=1S/C25H41N3O6/c1-8-9-12-26-22(31)21(18-10-11-19(30)17(4)15-18)28(13-14-29)23(32)20(16(2)3)27-24(33)34-25(5,6)7/h10-11,15-16,20-21,29-30H,8-9,12-14H2,1-7H3,(H,26,31)(H,27,33). The topological polar surface area (TPSA) is 128 Å². The van der Waals surface area contributed by atoms with E-state index in [9.17, 15) is 24.6 Å². The highest BCUT2D eigenvalue weighted by Gasteiger charge is 2.37. The van der Waals surface area contributed by atoms with Crippen molar-refractivity contribution in [1.29, 1.82) is 0 Å². The van der Waals surface area contributed by atoms with Crippen molar-refractivity contribution in [3.8, 4) is 5.75 Å². The first kappa shape index (κ1) is 29.2. The van der Waals surface area contributed by atoms with Crippen molar-refractivity contribution >= 4 is 17.9 Å². The van der Waals surface area contributed by atoms with Crippen molar-refractivity contribution in [2.75, 3.05) is 19.7 Å². The van der Waals surface area contributed by atoms with Crippen LogP contribution < -0.4 is 10.6 Å². The number of hydrogen-bond acceptors (Lipinski definition) is 6. The number of carbonyl (C=O) groups excluding carboxylic acids is 3. The molecule has 0 aromatic heterocycles. The molecule has 0 saturated carbocycles. The highest BCUT2D eigenvalue weighted by molar-refractivity contribution is 5.92. The van der Waals surface area contributed by atoms with Crippen LogP contribution >= 0.6 is 0 Å². The zero-order chi connectivity index (χ0) is 26.1. The van der Waals surface area contributed by atoms with E-state index in [1.54, 1.807) is 53.7 Å². The van der Waals surface area contributed by atoms with E-state index in [4.69, 9.17) is 4.74 Å². The molecule has 34 heavy (non-hydrogen) atoms. The van der Waals surface area contributed by atoms with Crippen LogP contribution in [0.25, 0.3) is 0 Å². The molecule has 1 aromatic carbocycles. The fourth-order valence-corrected chi connectivity index (χ4v) is 3.41. The lowest BCUT2D eigenvalue weighted by molar-refractivity contribution is -0.143. The van der Waals surface area contributed by atoms with E-state index in [0.717, 1.165) is 12.8 Å². The smallest absolute Gasteiger partial charge is 0.408 e. The number of rotatable bonds is 11. The van der Waals surface area contributed by atoms with E-state index < -0.39 is 35.6 Å². The number of carbonyl (C=O) groups is 3. The Labute approximate surface area is 202 Å². The molecule has 9 heteroatoms. The number of nitrogens with zero attached hydrogens (tertiary/aromatic N) is 1. The third-order valence-corrected chi connectivity index (χ3v) is 5.16. The van der Waals surface area contributed by atoms with Crippen LogP contribution in [-0.2, 0) is 14.3 Å². The maximum Gasteiger partial charge on any atom is 0.408 e. The monoisotopic (exact) mass is 479 g/mol. The molecule has 0 aliphatic rings. The summed E-state index contributed by atoms with van der Waals surface area (Å²) in [4.78, 5) is 40.7. The first-order valence-corrected chi connectivity index (χ1v) is 11.8. The number of aliphatic hydroxyl groups is 1. The molecule has 2 unspecified atom stereocenters. The van der Waals surface area contributed by atoms with E-state index in [1.165, 1.54) is 11.0 Å². The number of ether oxygens (including phenoxy) is 1. The van der Waals surface area contributed by atoms with E-state index >= 15 is 0 Å². The summed E-state index contributed by atoms with van der Waals surface area (Å²) in [5, 5.41) is 25.2. The lowest BCUT2D eigenvalue weighted by Crippen LogP contribution is -2.55. The molecule has 0 aliphatic heterocycles. The number of nitrogens with one attached hydrogen (secondary N) is 2. The van der Waals surface area contributed by atoms with Gasteiger partial charge < -0.3 is 30.5 Å². The molecule has 0 spiro atoms. The number of hydrogen-bond donors (Lipinski definition) is 4. The molecular formula is C25H41N3O6. The number of alkyl carbamates (subject to hydrolysis) is 1. The van der Waals surface area contributed by atoms with Crippen LogP contribution in [0.4, 0.5) is 4.79 Å². The largest absolute Gasteiger partial charge is 0.508 e. The normalized spacial score (nSPS) is 13.2. The Bertz CT molecular complexity index is 834. The summed E-state index contributed by atoms with van der Waals surface area (Å²) < 4.78 is 5.32. The van der Waals surface area contributed by atoms with Crippen molar-refractivity contribution in [2.45, 2.75) is 79.0 Å². The highest BCUT2D eigenvalue weighted by atomic mass is 16.6. The molecule has 0 saturated heterocycles. The average Bonchev–Trinajstić information content (AvgIpc) is 2.72. The van der Waals surface area contributed by atoms with Gasteiger partial charge in [-0.15, -0.1) is 0 Å². The molecule has 3 amide bonds. The van der Waals surface area contributed by atoms with Gasteiger partial charge in [-0.05, 0) is 63.3 Å². The van der Waals surface area contributed by atoms with Crippen molar-refractivity contribution < 1.29 is 29.3 Å². The Morgan fingerprint density at radius 3 is 2.32 bits per heavy atom. The summed E-state index contributed by atoms with van der Waals surface area (Å²) in [5.41, 5.74) is 0.295. The van der Waals surface area contributed by atoms with Crippen molar-refractivity contribution in [2.24, 2.45) is 5.92 Å². The van der Waals surface area contributed by atoms with E-state index in [0.29, 0.717) is 17.7 Å². The molecule has 0 bridgehead atoms. The second-order valence-corrected chi connectivity index (χ2v) is 9.72. The van der Waals surface area contributed by atoms with E-state index in [-0.39, 0.29) is 24.8 Å². The molecule has 1 rings (SSSR count). The second-order valence-electron chi connectivity index (χ2n) is 9.72. The highest BCUT2D eigenvalue weighted by Crippen LogP contribution is 2.27. The molecule has 0 aliphatic carbocycles. The van der Waals surface area contributed by atoms with Crippen LogP contribution in [0.1, 0.15) is 71.6 Å². The van der Waals surface area contributed by atoms with Crippen LogP contribution in [0, 0.1) is 12.8 Å². The molecule has 2 atom stereocenters. The van der Waals surface area contributed by atoms with Gasteiger partial charge in [-0.3, -0.25) is 9.59 Å². The number of phenolic OH excluding ortho intramolecular Hbond substituents is 1. The zero-order valence-electron chi connectivity index (χ0n) is 21.5. The number of unbranched alkanes of at least 4 members (excludes halogenated alkanes) is 1. The molecule has 0 radical (unpaired) electrons. The van der Waals surface area contributed by atoms with Gasteiger partial charge in [-0.1, -0.05) is 33.3 Å². The van der Waals surface area contributed by atoms with E-state index in [1.807, 2.05) is 6.92 Å². The maximum absolute atomic E-state index is 13.7. The Kier molecular flexibility index (Phi) is 11.3. The van der Waals surface area contributed by atoms with Gasteiger partial charge in [0.2, 0.25) is 11.8 Å². The van der Waals surface area contributed by atoms with Crippen LogP contribution in [0.5, 0.6) is 5.75 Å². The number of benzene rings is 1. The van der Waals surface area contributed by atoms with Crippen LogP contribution in [0.15, 0.2) is 18.2 Å². The first-order chi connectivity index (χ1) is 15.8. The summed E-state index contributed by atoms with van der Waals surface area (Å²) in [6, 6.07) is 2.65. The average molecular weight is 480 g/mol. The first-order valence-electron chi connectivity index (χ1n) is 11.8. The quantitative estimate of drug-likeness (QED) is 0.361. The minimum absolute atomic E-state index is 0.0700. The number of aromatic hydroxyl groups is 1. The predicted molar refractivity (Wildman–Crippen MR) is 130 cm³/mol. The van der Waals surface area contributed by atoms with Gasteiger partial charge in [0, 0.05) is 13.1 Å². The minimum atomic E-state index is -1.06. The zero-order valence-corrected chi connectivity index (χ0v) is 21.5. The van der Waals surface area contributed by atoms with Gasteiger partial charge in [-0.25, -0.2) is 4.79 Å². The Morgan fingerprint density at radius 2 is 1.82 bits per heavy atom. The van der Waals surface area contributed by atoms with Crippen LogP contribution in [0.3, 0.4) is 0 Å². The molecule has 1 aromatic rings. The lowest BCUT2D eigenvalue weighted by atomic mass is 9.97. The third kappa shape index (κ3) is 8.85. The summed E-state index contributed by atoms with van der Waals surface area (Å²) in [5.74, 6) is -1.16. The van der Waals surface area contributed by atoms with Gasteiger partial charge in [0.05, 0.1) is 6.61 Å². The summed E-state index contributed by atoms with van der Waals surface area (Å²) >= 11 is 0. The number of aliphatic hydroxyl groups excluding tert-OH is 1. The summed E-state index contributed by atoms with van der Waals surface area (Å²) in [6.45, 7) is 12.4. The number of aryl methyl sites for hydroxylation is 1. The maximum atomic E-state index is 13.7. The number of phenols is 1. The minimum Gasteiger partial charge on any atom is -0.508 e. The fourth-order valence-electron chi connectivity index (χ4n) is 3.41.